The van der Waals surface area contributed by atoms with E-state index in [2.05, 4.69) is 211 Å². The van der Waals surface area contributed by atoms with Crippen molar-refractivity contribution < 1.29 is 0 Å². The lowest BCUT2D eigenvalue weighted by Crippen LogP contribution is -1.93. The lowest BCUT2D eigenvalue weighted by molar-refractivity contribution is 1.19. The second-order valence-electron chi connectivity index (χ2n) is 15.4. The molecule has 0 atom stereocenters. The highest BCUT2D eigenvalue weighted by Crippen LogP contribution is 2.38. The molecule has 2 heterocycles. The molecule has 0 saturated heterocycles. The fourth-order valence-electron chi connectivity index (χ4n) is 9.10. The Bertz CT molecular complexity index is 3580. The second-order valence-corrected chi connectivity index (χ2v) is 15.4. The van der Waals surface area contributed by atoms with Crippen molar-refractivity contribution in [3.05, 3.63) is 212 Å². The maximum Gasteiger partial charge on any atom is 0.0979 e. The molecule has 12 aromatic rings. The van der Waals surface area contributed by atoms with Crippen LogP contribution in [-0.2, 0) is 0 Å². The summed E-state index contributed by atoms with van der Waals surface area (Å²) >= 11 is 0. The summed E-state index contributed by atoms with van der Waals surface area (Å²) in [5.41, 5.74) is 14.4. The predicted molar refractivity (Wildman–Crippen MR) is 248 cm³/mol. The molecule has 10 aromatic carbocycles. The van der Waals surface area contributed by atoms with Crippen molar-refractivity contribution in [1.29, 1.82) is 0 Å². The Labute approximate surface area is 341 Å². The van der Waals surface area contributed by atoms with E-state index in [-0.39, 0.29) is 0 Å². The van der Waals surface area contributed by atoms with E-state index < -0.39 is 0 Å². The minimum Gasteiger partial charge on any atom is -0.309 e. The van der Waals surface area contributed by atoms with Crippen molar-refractivity contribution in [2.75, 3.05) is 0 Å². The van der Waals surface area contributed by atoms with Crippen LogP contribution in [0, 0.1) is 0 Å². The molecule has 0 fully saturated rings. The van der Waals surface area contributed by atoms with Gasteiger partial charge in [-0.15, -0.1) is 0 Å². The zero-order valence-electron chi connectivity index (χ0n) is 32.0. The quantitative estimate of drug-likeness (QED) is 0.164. The van der Waals surface area contributed by atoms with E-state index in [0.717, 1.165) is 44.2 Å². The van der Waals surface area contributed by atoms with E-state index >= 15 is 0 Å². The van der Waals surface area contributed by atoms with Crippen molar-refractivity contribution in [3.63, 3.8) is 0 Å². The predicted octanol–water partition coefficient (Wildman–Crippen LogP) is 14.9. The molecule has 3 heteroatoms. The fourth-order valence-corrected chi connectivity index (χ4v) is 9.10. The third kappa shape index (κ3) is 5.51. The highest BCUT2D eigenvalue weighted by molar-refractivity contribution is 6.23. The summed E-state index contributed by atoms with van der Waals surface area (Å²) in [5.74, 6) is 0. The van der Waals surface area contributed by atoms with Crippen LogP contribution in [0.25, 0.3) is 115 Å². The zero-order chi connectivity index (χ0) is 38.9. The molecule has 12 rings (SSSR count). The van der Waals surface area contributed by atoms with Gasteiger partial charge in [0.05, 0.1) is 34.0 Å². The molecule has 0 bridgehead atoms. The standard InChI is InChI=1S/C56H35N3/c1-2-12-42-33-45(29-27-36(42)11-1)59-53-22-8-7-19-48(53)51-34-43(28-30-54(51)59)38-25-23-37(24-26-38)39-13-9-14-40(31-39)41-15-10-16-44(32-41)52-35-57-55-49-20-5-3-17-46(49)47-18-4-6-21-50(47)56(55)58-52/h1-35H. The van der Waals surface area contributed by atoms with Crippen LogP contribution in [0.4, 0.5) is 0 Å². The molecule has 0 spiro atoms. The van der Waals surface area contributed by atoms with E-state index in [1.54, 1.807) is 0 Å². The number of nitrogens with zero attached hydrogens (tertiary/aromatic N) is 3. The molecular formula is C56H35N3. The lowest BCUT2D eigenvalue weighted by Gasteiger charge is -2.11. The first-order chi connectivity index (χ1) is 29.2. The van der Waals surface area contributed by atoms with Crippen LogP contribution in [0.3, 0.4) is 0 Å². The highest BCUT2D eigenvalue weighted by atomic mass is 15.0. The summed E-state index contributed by atoms with van der Waals surface area (Å²) in [6.07, 6.45) is 1.92. The van der Waals surface area contributed by atoms with Crippen molar-refractivity contribution in [1.82, 2.24) is 14.5 Å². The Kier molecular flexibility index (Phi) is 7.54. The molecule has 59 heavy (non-hydrogen) atoms. The Morgan fingerprint density at radius 1 is 0.305 bits per heavy atom. The summed E-state index contributed by atoms with van der Waals surface area (Å²) < 4.78 is 2.39. The Morgan fingerprint density at radius 3 is 1.56 bits per heavy atom. The Morgan fingerprint density at radius 2 is 0.831 bits per heavy atom. The van der Waals surface area contributed by atoms with Crippen molar-refractivity contribution >= 4 is 65.2 Å². The molecule has 0 amide bonds. The molecule has 0 radical (unpaired) electrons. The zero-order valence-corrected chi connectivity index (χ0v) is 32.0. The molecule has 0 aliphatic heterocycles. The van der Waals surface area contributed by atoms with E-state index in [9.17, 15) is 0 Å². The van der Waals surface area contributed by atoms with Crippen molar-refractivity contribution in [2.24, 2.45) is 0 Å². The van der Waals surface area contributed by atoms with Gasteiger partial charge < -0.3 is 4.57 Å². The highest BCUT2D eigenvalue weighted by Gasteiger charge is 2.15. The SMILES string of the molecule is c1cc(-c2ccc(-c3ccc4c(c3)c3ccccc3n4-c3ccc4ccccc4c3)cc2)cc(-c2cccc(-c3cnc4c5ccccc5c5ccccc5c4n3)c2)c1. The largest absolute Gasteiger partial charge is 0.309 e. The molecule has 274 valence electrons. The molecule has 2 aromatic heterocycles. The van der Waals surface area contributed by atoms with E-state index in [0.29, 0.717) is 0 Å². The average Bonchev–Trinajstić information content (AvgIpc) is 3.65. The van der Waals surface area contributed by atoms with Crippen molar-refractivity contribution in [3.8, 4) is 50.3 Å². The Hall–Kier alpha value is -7.88. The summed E-state index contributed by atoms with van der Waals surface area (Å²) in [7, 11) is 0. The minimum atomic E-state index is 0.864. The van der Waals surface area contributed by atoms with Crippen LogP contribution in [-0.4, -0.2) is 14.5 Å². The molecule has 0 saturated carbocycles. The molecule has 0 aliphatic rings. The van der Waals surface area contributed by atoms with Gasteiger partial charge in [0.25, 0.3) is 0 Å². The average molecular weight is 750 g/mol. The van der Waals surface area contributed by atoms with Gasteiger partial charge in [0.15, 0.2) is 0 Å². The first-order valence-electron chi connectivity index (χ1n) is 20.1. The monoisotopic (exact) mass is 749 g/mol. The fraction of sp³-hybridized carbons (Fsp3) is 0. The van der Waals surface area contributed by atoms with Gasteiger partial charge in [-0.2, -0.15) is 0 Å². The second kappa shape index (κ2) is 13.4. The molecule has 0 unspecified atom stereocenters. The number of hydrogen-bond donors (Lipinski definition) is 0. The van der Waals surface area contributed by atoms with Crippen LogP contribution in [0.15, 0.2) is 212 Å². The van der Waals surface area contributed by atoms with Crippen LogP contribution < -0.4 is 0 Å². The smallest absolute Gasteiger partial charge is 0.0979 e. The maximum atomic E-state index is 5.25. The molecule has 0 aliphatic carbocycles. The maximum absolute atomic E-state index is 5.25. The number of benzene rings is 10. The van der Waals surface area contributed by atoms with Gasteiger partial charge in [-0.1, -0.05) is 164 Å². The van der Waals surface area contributed by atoms with Gasteiger partial charge >= 0.3 is 0 Å². The topological polar surface area (TPSA) is 30.7 Å². The molecule has 0 N–H and O–H groups in total. The minimum absolute atomic E-state index is 0.864. The number of para-hydroxylation sites is 1. The van der Waals surface area contributed by atoms with Gasteiger partial charge in [-0.25, -0.2) is 4.98 Å². The van der Waals surface area contributed by atoms with Gasteiger partial charge in [-0.05, 0) is 97.4 Å². The third-order valence-electron chi connectivity index (χ3n) is 12.0. The summed E-state index contributed by atoms with van der Waals surface area (Å²) in [6.45, 7) is 0. The van der Waals surface area contributed by atoms with Gasteiger partial charge in [-0.3, -0.25) is 4.98 Å². The van der Waals surface area contributed by atoms with Crippen LogP contribution in [0.1, 0.15) is 0 Å². The van der Waals surface area contributed by atoms with E-state index in [1.807, 2.05) is 6.20 Å². The number of hydrogen-bond acceptors (Lipinski definition) is 2. The van der Waals surface area contributed by atoms with Crippen molar-refractivity contribution in [2.45, 2.75) is 0 Å². The normalized spacial score (nSPS) is 11.7. The number of rotatable bonds is 5. The summed E-state index contributed by atoms with van der Waals surface area (Å²) in [5, 5.41) is 9.64. The summed E-state index contributed by atoms with van der Waals surface area (Å²) in [6, 6.07) is 74.4. The first-order valence-corrected chi connectivity index (χ1v) is 20.1. The Balaban J connectivity index is 0.868. The van der Waals surface area contributed by atoms with Gasteiger partial charge in [0, 0.05) is 32.8 Å². The summed E-state index contributed by atoms with van der Waals surface area (Å²) in [4.78, 5) is 10.3. The number of fused-ring (bicyclic) bond motifs is 10. The van der Waals surface area contributed by atoms with Crippen LogP contribution in [0.2, 0.25) is 0 Å². The van der Waals surface area contributed by atoms with E-state index in [4.69, 9.17) is 9.97 Å². The van der Waals surface area contributed by atoms with Crippen LogP contribution in [0.5, 0.6) is 0 Å². The lowest BCUT2D eigenvalue weighted by atomic mass is 9.95. The van der Waals surface area contributed by atoms with Crippen LogP contribution >= 0.6 is 0 Å². The number of aromatic nitrogens is 3. The third-order valence-corrected chi connectivity index (χ3v) is 12.0. The molecular weight excluding hydrogens is 715 g/mol. The van der Waals surface area contributed by atoms with E-state index in [1.165, 1.54) is 71.3 Å². The molecule has 3 nitrogen and oxygen atoms in total. The first kappa shape index (κ1) is 33.3. The van der Waals surface area contributed by atoms with Gasteiger partial charge in [0.1, 0.15) is 0 Å². The van der Waals surface area contributed by atoms with Gasteiger partial charge in [0.2, 0.25) is 0 Å².